The van der Waals surface area contributed by atoms with Crippen molar-refractivity contribution in [1.29, 1.82) is 0 Å². The smallest absolute Gasteiger partial charge is 0.290 e. The zero-order valence-electron chi connectivity index (χ0n) is 12.5. The molecule has 0 aliphatic heterocycles. The lowest BCUT2D eigenvalue weighted by atomic mass is 9.87. The molecule has 1 N–H and O–H groups in total. The largest absolute Gasteiger partial charge is 0.497 e. The van der Waals surface area contributed by atoms with Gasteiger partial charge in [-0.05, 0) is 49.3 Å². The molecule has 1 aromatic heterocycles. The van der Waals surface area contributed by atoms with Crippen LogP contribution in [-0.4, -0.2) is 35.4 Å². The summed E-state index contributed by atoms with van der Waals surface area (Å²) in [5.41, 5.74) is 1.46. The fraction of sp³-hybridized carbons (Fsp3) is 0.312. The van der Waals surface area contributed by atoms with Crippen LogP contribution in [0.2, 0.25) is 0 Å². The van der Waals surface area contributed by atoms with E-state index in [0.717, 1.165) is 24.2 Å². The van der Waals surface area contributed by atoms with E-state index in [1.54, 1.807) is 13.2 Å². The summed E-state index contributed by atoms with van der Waals surface area (Å²) in [4.78, 5) is 16.1. The number of methoxy groups -OCH3 is 1. The van der Waals surface area contributed by atoms with Crippen LogP contribution in [0.1, 0.15) is 23.4 Å². The van der Waals surface area contributed by atoms with Gasteiger partial charge in [0.05, 0.1) is 18.3 Å². The van der Waals surface area contributed by atoms with Crippen LogP contribution in [0, 0.1) is 0 Å². The summed E-state index contributed by atoms with van der Waals surface area (Å²) in [6, 6.07) is 9.26. The van der Waals surface area contributed by atoms with Gasteiger partial charge >= 0.3 is 0 Å². The third-order valence-electron chi connectivity index (χ3n) is 3.80. The van der Waals surface area contributed by atoms with Gasteiger partial charge in [-0.25, -0.2) is 4.99 Å². The molecule has 2 aromatic rings. The van der Waals surface area contributed by atoms with Gasteiger partial charge < -0.3 is 14.6 Å². The Balaban J connectivity index is 1.62. The molecule has 6 nitrogen and oxygen atoms in total. The number of aliphatic imine (C=N–C) groups is 1. The zero-order valence-corrected chi connectivity index (χ0v) is 13.3. The lowest BCUT2D eigenvalue weighted by molar-refractivity contribution is 0.0873. The van der Waals surface area contributed by atoms with Crippen LogP contribution >= 0.6 is 12.2 Å². The minimum atomic E-state index is -0.271. The summed E-state index contributed by atoms with van der Waals surface area (Å²) >= 11 is 4.56. The number of hydrogen-bond donors (Lipinski definition) is 1. The third kappa shape index (κ3) is 3.47. The van der Waals surface area contributed by atoms with Gasteiger partial charge in [0.1, 0.15) is 11.4 Å². The van der Waals surface area contributed by atoms with Crippen molar-refractivity contribution in [3.63, 3.8) is 0 Å². The summed E-state index contributed by atoms with van der Waals surface area (Å²) in [6.07, 6.45) is 1.55. The Kier molecular flexibility index (Phi) is 4.50. The highest BCUT2D eigenvalue weighted by Crippen LogP contribution is 2.25. The number of carbonyl (C=O) groups excluding carboxylic acids is 1. The lowest BCUT2D eigenvalue weighted by Crippen LogP contribution is -2.46. The predicted octanol–water partition coefficient (Wildman–Crippen LogP) is 2.71. The van der Waals surface area contributed by atoms with E-state index in [2.05, 4.69) is 32.8 Å². The summed E-state index contributed by atoms with van der Waals surface area (Å²) in [6.45, 7) is 0. The second-order valence-electron chi connectivity index (χ2n) is 5.32. The summed E-state index contributed by atoms with van der Waals surface area (Å²) in [7, 11) is 1.61. The molecule has 7 heteroatoms. The Morgan fingerprint density at radius 3 is 2.83 bits per heavy atom. The topological polar surface area (TPSA) is 76.7 Å². The number of rotatable bonds is 5. The molecule has 1 fully saturated rings. The molecule has 1 heterocycles. The molecule has 23 heavy (non-hydrogen) atoms. The molecule has 1 amide bonds. The fourth-order valence-corrected chi connectivity index (χ4v) is 2.57. The number of nitrogens with one attached hydrogen (secondary N) is 1. The maximum atomic E-state index is 12.1. The number of ether oxygens (including phenoxy) is 1. The number of isothiocyanates is 1. The van der Waals surface area contributed by atoms with Crippen molar-refractivity contribution in [1.82, 2.24) is 10.5 Å². The maximum absolute atomic E-state index is 12.1. The summed E-state index contributed by atoms with van der Waals surface area (Å²) in [5, 5.41) is 9.19. The average molecular weight is 329 g/mol. The molecule has 0 bridgehead atoms. The number of aromatic nitrogens is 1. The van der Waals surface area contributed by atoms with E-state index in [-0.39, 0.29) is 23.8 Å². The first-order chi connectivity index (χ1) is 11.2. The quantitative estimate of drug-likeness (QED) is 0.674. The van der Waals surface area contributed by atoms with E-state index in [9.17, 15) is 4.79 Å². The van der Waals surface area contributed by atoms with Gasteiger partial charge in [-0.3, -0.25) is 4.79 Å². The molecule has 0 saturated heterocycles. The van der Waals surface area contributed by atoms with Crippen LogP contribution in [0.3, 0.4) is 0 Å². The van der Waals surface area contributed by atoms with E-state index in [1.807, 2.05) is 24.3 Å². The predicted molar refractivity (Wildman–Crippen MR) is 87.8 cm³/mol. The van der Waals surface area contributed by atoms with Gasteiger partial charge in [0.15, 0.2) is 0 Å². The van der Waals surface area contributed by atoms with Crippen molar-refractivity contribution in [3.8, 4) is 17.0 Å². The second-order valence-corrected chi connectivity index (χ2v) is 5.50. The Morgan fingerprint density at radius 1 is 1.43 bits per heavy atom. The van der Waals surface area contributed by atoms with Gasteiger partial charge in [-0.2, -0.15) is 0 Å². The van der Waals surface area contributed by atoms with E-state index in [1.165, 1.54) is 0 Å². The van der Waals surface area contributed by atoms with Crippen molar-refractivity contribution in [2.75, 3.05) is 7.11 Å². The normalized spacial score (nSPS) is 19.3. The van der Waals surface area contributed by atoms with Crippen LogP contribution in [0.25, 0.3) is 11.3 Å². The number of amides is 1. The Bertz CT molecular complexity index is 744. The van der Waals surface area contributed by atoms with Gasteiger partial charge in [0.2, 0.25) is 5.76 Å². The van der Waals surface area contributed by atoms with Crippen LogP contribution in [0.4, 0.5) is 0 Å². The molecule has 1 aliphatic rings. The SMILES string of the molecule is COc1ccc(-c2cc(C(=O)NC3CC(N=C=S)C3)on2)cc1. The van der Waals surface area contributed by atoms with Crippen LogP contribution < -0.4 is 10.1 Å². The van der Waals surface area contributed by atoms with Crippen molar-refractivity contribution in [2.45, 2.75) is 24.9 Å². The first-order valence-electron chi connectivity index (χ1n) is 7.18. The van der Waals surface area contributed by atoms with Crippen molar-refractivity contribution in [3.05, 3.63) is 36.1 Å². The first kappa shape index (κ1) is 15.4. The highest BCUT2D eigenvalue weighted by Gasteiger charge is 2.30. The highest BCUT2D eigenvalue weighted by molar-refractivity contribution is 7.78. The number of carbonyl (C=O) groups is 1. The lowest BCUT2D eigenvalue weighted by Gasteiger charge is -2.31. The van der Waals surface area contributed by atoms with Gasteiger partial charge in [-0.15, -0.1) is 0 Å². The van der Waals surface area contributed by atoms with Gasteiger partial charge in [0, 0.05) is 17.7 Å². The molecule has 0 spiro atoms. The monoisotopic (exact) mass is 329 g/mol. The van der Waals surface area contributed by atoms with Gasteiger partial charge in [-0.1, -0.05) is 5.16 Å². The molecule has 0 atom stereocenters. The minimum absolute atomic E-state index is 0.0918. The number of nitrogens with zero attached hydrogens (tertiary/aromatic N) is 2. The van der Waals surface area contributed by atoms with E-state index >= 15 is 0 Å². The molecule has 118 valence electrons. The number of thiocarbonyl (C=S) groups is 1. The van der Waals surface area contributed by atoms with E-state index < -0.39 is 0 Å². The zero-order chi connectivity index (χ0) is 16.2. The van der Waals surface area contributed by atoms with E-state index in [4.69, 9.17) is 9.26 Å². The minimum Gasteiger partial charge on any atom is -0.497 e. The summed E-state index contributed by atoms with van der Waals surface area (Å²) < 4.78 is 10.2. The fourth-order valence-electron chi connectivity index (χ4n) is 2.42. The van der Waals surface area contributed by atoms with Crippen molar-refractivity contribution < 1.29 is 14.1 Å². The molecule has 0 unspecified atom stereocenters. The standard InChI is InChI=1S/C16H15N3O3S/c1-21-13-4-2-10(3-5-13)14-8-15(22-19-14)16(20)18-12-6-11(7-12)17-9-23/h2-5,8,11-12H,6-7H2,1H3,(H,18,20). The Labute approximate surface area is 138 Å². The van der Waals surface area contributed by atoms with Gasteiger partial charge in [0.25, 0.3) is 5.91 Å². The van der Waals surface area contributed by atoms with Crippen molar-refractivity contribution in [2.24, 2.45) is 4.99 Å². The second kappa shape index (κ2) is 6.73. The molecule has 1 aromatic carbocycles. The Morgan fingerprint density at radius 2 is 2.17 bits per heavy atom. The molecule has 1 aliphatic carbocycles. The Hall–Kier alpha value is -2.50. The molecule has 0 radical (unpaired) electrons. The van der Waals surface area contributed by atoms with Crippen LogP contribution in [-0.2, 0) is 0 Å². The van der Waals surface area contributed by atoms with E-state index in [0.29, 0.717) is 5.69 Å². The number of hydrogen-bond acceptors (Lipinski definition) is 6. The molecule has 1 saturated carbocycles. The maximum Gasteiger partial charge on any atom is 0.290 e. The van der Waals surface area contributed by atoms with Crippen LogP contribution in [0.15, 0.2) is 39.8 Å². The van der Waals surface area contributed by atoms with Crippen LogP contribution in [0.5, 0.6) is 5.75 Å². The highest BCUT2D eigenvalue weighted by atomic mass is 32.1. The average Bonchev–Trinajstić information content (AvgIpc) is 3.03. The molecular weight excluding hydrogens is 314 g/mol. The van der Waals surface area contributed by atoms with Crippen molar-refractivity contribution >= 4 is 23.3 Å². The third-order valence-corrected chi connectivity index (χ3v) is 3.91. The summed E-state index contributed by atoms with van der Waals surface area (Å²) in [5.74, 6) is 0.679. The molecule has 3 rings (SSSR count). The number of benzene rings is 1. The molecular formula is C16H15N3O3S. The first-order valence-corrected chi connectivity index (χ1v) is 7.59.